The van der Waals surface area contributed by atoms with E-state index in [0.717, 1.165) is 23.7 Å². The van der Waals surface area contributed by atoms with Gasteiger partial charge < -0.3 is 24.6 Å². The average Bonchev–Trinajstić information content (AvgIpc) is 2.93. The predicted octanol–water partition coefficient (Wildman–Crippen LogP) is 3.05. The van der Waals surface area contributed by atoms with Gasteiger partial charge in [-0.3, -0.25) is 25.7 Å². The van der Waals surface area contributed by atoms with E-state index < -0.39 is 11.2 Å². The number of halogens is 1. The molecule has 11 nitrogen and oxygen atoms in total. The molecular formula is C26H35FN6O5S. The summed E-state index contributed by atoms with van der Waals surface area (Å²) >= 11 is 0.822. The van der Waals surface area contributed by atoms with Crippen molar-refractivity contribution in [1.82, 2.24) is 20.1 Å². The molecule has 1 aromatic carbocycles. The van der Waals surface area contributed by atoms with Gasteiger partial charge in [0.25, 0.3) is 0 Å². The van der Waals surface area contributed by atoms with Gasteiger partial charge in [-0.05, 0) is 38.6 Å². The van der Waals surface area contributed by atoms with Crippen molar-refractivity contribution in [2.24, 2.45) is 0 Å². The van der Waals surface area contributed by atoms with Crippen molar-refractivity contribution in [3.63, 3.8) is 0 Å². The van der Waals surface area contributed by atoms with E-state index in [1.165, 1.54) is 18.3 Å². The van der Waals surface area contributed by atoms with E-state index in [4.69, 9.17) is 15.6 Å². The molecule has 0 unspecified atom stereocenters. The van der Waals surface area contributed by atoms with Crippen molar-refractivity contribution in [3.8, 4) is 5.75 Å². The number of likely N-dealkylation sites (tertiary alicyclic amines) is 1. The molecule has 2 amide bonds. The van der Waals surface area contributed by atoms with E-state index in [1.54, 1.807) is 42.8 Å². The number of aromatic amines is 1. The maximum absolute atomic E-state index is 12.8. The monoisotopic (exact) mass is 562 g/mol. The number of carbonyl (C=O) groups is 2. The highest BCUT2D eigenvalue weighted by Gasteiger charge is 2.37. The lowest BCUT2D eigenvalue weighted by molar-refractivity contribution is -0.125. The Labute approximate surface area is 230 Å². The maximum Gasteiger partial charge on any atom is 0.409 e. The molecular weight excluding hydrogens is 527 g/mol. The molecule has 1 aliphatic heterocycles. The van der Waals surface area contributed by atoms with Gasteiger partial charge >= 0.3 is 6.09 Å². The minimum absolute atomic E-state index is 0.0111. The van der Waals surface area contributed by atoms with Crippen LogP contribution < -0.4 is 10.7 Å². The zero-order chi connectivity index (χ0) is 29.2. The van der Waals surface area contributed by atoms with Crippen LogP contribution in [0.2, 0.25) is 0 Å². The van der Waals surface area contributed by atoms with Gasteiger partial charge in [-0.15, -0.1) is 0 Å². The Kier molecular flexibility index (Phi) is 11.7. The molecule has 0 atom stereocenters. The van der Waals surface area contributed by atoms with Crippen molar-refractivity contribution in [1.29, 1.82) is 10.8 Å². The number of ether oxygens (including phenoxy) is 1. The number of rotatable bonds is 7. The largest absolute Gasteiger partial charge is 0.503 e. The molecule has 2 heterocycles. The fourth-order valence-corrected chi connectivity index (χ4v) is 4.68. The maximum atomic E-state index is 12.8. The van der Waals surface area contributed by atoms with Gasteiger partial charge in [0, 0.05) is 45.6 Å². The smallest absolute Gasteiger partial charge is 0.409 e. The van der Waals surface area contributed by atoms with Gasteiger partial charge in [-0.25, -0.2) is 9.18 Å². The Morgan fingerprint density at radius 1 is 1.31 bits per heavy atom. The van der Waals surface area contributed by atoms with Crippen molar-refractivity contribution < 1.29 is 23.8 Å². The highest BCUT2D eigenvalue weighted by atomic mass is 32.2. The number of thioether (sulfide) groups is 1. The summed E-state index contributed by atoms with van der Waals surface area (Å²) in [4.78, 5) is 40.3. The molecule has 0 aliphatic carbocycles. The molecule has 5 N–H and O–H groups in total. The van der Waals surface area contributed by atoms with Gasteiger partial charge in [0.1, 0.15) is 10.9 Å². The number of aryl methyl sites for hydroxylation is 1. The van der Waals surface area contributed by atoms with E-state index in [0.29, 0.717) is 38.2 Å². The van der Waals surface area contributed by atoms with Crippen LogP contribution in [0.3, 0.4) is 0 Å². The van der Waals surface area contributed by atoms with Crippen LogP contribution in [-0.4, -0.2) is 81.9 Å². The Morgan fingerprint density at radius 3 is 2.46 bits per heavy atom. The molecule has 39 heavy (non-hydrogen) atoms. The van der Waals surface area contributed by atoms with E-state index in [-0.39, 0.29) is 39.6 Å². The third-order valence-electron chi connectivity index (χ3n) is 6.41. The molecule has 13 heteroatoms. The first-order valence-electron chi connectivity index (χ1n) is 12.3. The summed E-state index contributed by atoms with van der Waals surface area (Å²) in [6, 6.07) is 5.75. The summed E-state index contributed by atoms with van der Waals surface area (Å²) in [6.07, 6.45) is 3.54. The molecule has 1 aliphatic rings. The van der Waals surface area contributed by atoms with Crippen LogP contribution in [-0.2, 0) is 16.0 Å². The van der Waals surface area contributed by atoms with Gasteiger partial charge in [-0.1, -0.05) is 23.9 Å². The lowest BCUT2D eigenvalue weighted by Gasteiger charge is -2.45. The molecule has 1 aromatic heterocycles. The molecule has 2 aromatic rings. The topological polar surface area (TPSA) is 163 Å². The summed E-state index contributed by atoms with van der Waals surface area (Å²) in [7, 11) is 3.59. The number of carbonyl (C=O) groups excluding carboxylic acids is 2. The van der Waals surface area contributed by atoms with Crippen LogP contribution in [0.25, 0.3) is 0 Å². The van der Waals surface area contributed by atoms with Gasteiger partial charge in [0.15, 0.2) is 5.75 Å². The van der Waals surface area contributed by atoms with Crippen LogP contribution in [0.5, 0.6) is 5.75 Å². The molecule has 0 bridgehead atoms. The number of piperidine rings is 1. The second-order valence-electron chi connectivity index (χ2n) is 8.85. The van der Waals surface area contributed by atoms with E-state index in [2.05, 4.69) is 10.3 Å². The quantitative estimate of drug-likeness (QED) is 0.150. The minimum atomic E-state index is -0.636. The molecule has 0 radical (unpaired) electrons. The summed E-state index contributed by atoms with van der Waals surface area (Å²) in [5.41, 5.74) is 0.102. The molecule has 1 saturated heterocycles. The first-order chi connectivity index (χ1) is 18.5. The van der Waals surface area contributed by atoms with Crippen molar-refractivity contribution in [2.75, 3.05) is 33.8 Å². The number of aromatic nitrogens is 1. The number of H-pyrrole nitrogens is 1. The third-order valence-corrected chi connectivity index (χ3v) is 7.23. The first kappa shape index (κ1) is 31.5. The number of nitrogens with zero attached hydrogens (tertiary/aromatic N) is 2. The number of benzene rings is 1. The highest BCUT2D eigenvalue weighted by molar-refractivity contribution is 8.26. The van der Waals surface area contributed by atoms with Crippen LogP contribution in [0, 0.1) is 23.6 Å². The summed E-state index contributed by atoms with van der Waals surface area (Å²) in [5, 5.41) is 28.6. The number of amides is 2. The third kappa shape index (κ3) is 8.39. The van der Waals surface area contributed by atoms with Crippen molar-refractivity contribution in [3.05, 3.63) is 63.3 Å². The van der Waals surface area contributed by atoms with Crippen molar-refractivity contribution >= 4 is 34.4 Å². The van der Waals surface area contributed by atoms with Gasteiger partial charge in [0.2, 0.25) is 11.8 Å². The van der Waals surface area contributed by atoms with Crippen LogP contribution >= 0.6 is 11.8 Å². The number of hydrogen-bond donors (Lipinski definition) is 5. The summed E-state index contributed by atoms with van der Waals surface area (Å²) in [5.74, 6) is -0.773. The van der Waals surface area contributed by atoms with E-state index in [9.17, 15) is 23.9 Å². The Balaban J connectivity index is 0.000000283. The summed E-state index contributed by atoms with van der Waals surface area (Å²) < 4.78 is 17.8. The van der Waals surface area contributed by atoms with E-state index in [1.807, 2.05) is 7.05 Å². The Hall–Kier alpha value is -3.71. The highest BCUT2D eigenvalue weighted by Crippen LogP contribution is 2.24. The van der Waals surface area contributed by atoms with Gasteiger partial charge in [0.05, 0.1) is 28.6 Å². The SMILES string of the molecule is CCOC(=O)N1CCC(NC)(N(C)C=O)CC1.Cc1[nH]cc(C(=N)SC(=N)Cc2ccc(F)cc2)c(=O)c1O. The Bertz CT molecular complexity index is 1230. The zero-order valence-corrected chi connectivity index (χ0v) is 23.3. The zero-order valence-electron chi connectivity index (χ0n) is 22.5. The fourth-order valence-electron chi connectivity index (χ4n) is 3.94. The average molecular weight is 563 g/mol. The Morgan fingerprint density at radius 2 is 1.92 bits per heavy atom. The summed E-state index contributed by atoms with van der Waals surface area (Å²) in [6.45, 7) is 4.92. The lowest BCUT2D eigenvalue weighted by Crippen LogP contribution is -2.61. The number of nitrogens with one attached hydrogen (secondary N) is 4. The van der Waals surface area contributed by atoms with Crippen LogP contribution in [0.4, 0.5) is 9.18 Å². The number of aromatic hydroxyl groups is 1. The minimum Gasteiger partial charge on any atom is -0.503 e. The van der Waals surface area contributed by atoms with Crippen LogP contribution in [0.1, 0.15) is 36.6 Å². The number of pyridine rings is 1. The first-order valence-corrected chi connectivity index (χ1v) is 13.1. The van der Waals surface area contributed by atoms with Crippen LogP contribution in [0.15, 0.2) is 35.3 Å². The second kappa shape index (κ2) is 14.4. The molecule has 0 spiro atoms. The second-order valence-corrected chi connectivity index (χ2v) is 9.95. The van der Waals surface area contributed by atoms with E-state index >= 15 is 0 Å². The standard InChI is InChI=1S/C15H14FN3O2S.C11H21N3O3/c1-8-13(20)14(21)11(7-19-8)15(18)22-12(17)6-9-2-4-10(16)5-3-9;1-4-17-10(16)14-7-5-11(12-2,6-8-14)13(3)9-15/h2-5,7,17-18,20H,6H2,1H3,(H,19,21);9,12H,4-8H2,1-3H3. The fraction of sp³-hybridized carbons (Fsp3) is 0.423. The van der Waals surface area contributed by atoms with Gasteiger partial charge in [-0.2, -0.15) is 0 Å². The predicted molar refractivity (Wildman–Crippen MR) is 149 cm³/mol. The molecule has 1 fully saturated rings. The normalized spacial score (nSPS) is 14.0. The lowest BCUT2D eigenvalue weighted by atomic mass is 9.96. The number of hydrogen-bond acceptors (Lipinski definition) is 9. The molecule has 3 rings (SSSR count). The molecule has 0 saturated carbocycles. The molecule has 212 valence electrons. The van der Waals surface area contributed by atoms with Crippen molar-refractivity contribution in [2.45, 2.75) is 38.8 Å².